The van der Waals surface area contributed by atoms with E-state index in [1.807, 2.05) is 43.3 Å². The van der Waals surface area contributed by atoms with Gasteiger partial charge < -0.3 is 9.80 Å². The van der Waals surface area contributed by atoms with Gasteiger partial charge in [0.15, 0.2) is 0 Å². The molecule has 1 amide bonds. The molecule has 0 unspecified atom stereocenters. The van der Waals surface area contributed by atoms with Gasteiger partial charge in [-0.05, 0) is 35.9 Å². The second-order valence-corrected chi connectivity index (χ2v) is 5.75. The summed E-state index contributed by atoms with van der Waals surface area (Å²) < 4.78 is 13.0. The Morgan fingerprint density at radius 1 is 1.09 bits per heavy atom. The third-order valence-electron chi connectivity index (χ3n) is 3.38. The SMILES string of the molecule is CN(Cc1ccc(N(C)C)cc1)C(=O)c1ccc(F)cc1Cl. The number of hydrogen-bond acceptors (Lipinski definition) is 2. The first-order valence-electron chi connectivity index (χ1n) is 6.85. The minimum atomic E-state index is -0.455. The number of rotatable bonds is 4. The molecule has 0 aliphatic heterocycles. The monoisotopic (exact) mass is 320 g/mol. The fourth-order valence-corrected chi connectivity index (χ4v) is 2.36. The van der Waals surface area contributed by atoms with E-state index in [4.69, 9.17) is 11.6 Å². The van der Waals surface area contributed by atoms with Crippen molar-refractivity contribution >= 4 is 23.2 Å². The molecule has 0 atom stereocenters. The Kier molecular flexibility index (Phi) is 5.03. The summed E-state index contributed by atoms with van der Waals surface area (Å²) in [6.45, 7) is 0.459. The predicted molar refractivity (Wildman–Crippen MR) is 88.0 cm³/mol. The highest BCUT2D eigenvalue weighted by Crippen LogP contribution is 2.20. The van der Waals surface area contributed by atoms with Crippen molar-refractivity contribution in [2.24, 2.45) is 0 Å². The normalized spacial score (nSPS) is 10.4. The van der Waals surface area contributed by atoms with Crippen LogP contribution in [-0.2, 0) is 6.54 Å². The zero-order valence-corrected chi connectivity index (χ0v) is 13.6. The molecule has 22 heavy (non-hydrogen) atoms. The van der Waals surface area contributed by atoms with Gasteiger partial charge in [-0.25, -0.2) is 4.39 Å². The van der Waals surface area contributed by atoms with Crippen molar-refractivity contribution in [1.82, 2.24) is 4.90 Å². The van der Waals surface area contributed by atoms with Crippen LogP contribution in [0.2, 0.25) is 5.02 Å². The summed E-state index contributed by atoms with van der Waals surface area (Å²) in [4.78, 5) is 15.9. The number of benzene rings is 2. The van der Waals surface area contributed by atoms with Gasteiger partial charge in [-0.1, -0.05) is 23.7 Å². The van der Waals surface area contributed by atoms with Crippen molar-refractivity contribution in [3.63, 3.8) is 0 Å². The smallest absolute Gasteiger partial charge is 0.255 e. The molecule has 0 heterocycles. The van der Waals surface area contributed by atoms with E-state index in [-0.39, 0.29) is 10.9 Å². The van der Waals surface area contributed by atoms with Crippen LogP contribution in [0.5, 0.6) is 0 Å². The van der Waals surface area contributed by atoms with Gasteiger partial charge in [-0.15, -0.1) is 0 Å². The Morgan fingerprint density at radius 2 is 1.73 bits per heavy atom. The van der Waals surface area contributed by atoms with Crippen LogP contribution in [0.15, 0.2) is 42.5 Å². The van der Waals surface area contributed by atoms with Crippen LogP contribution in [-0.4, -0.2) is 32.0 Å². The molecular weight excluding hydrogens is 303 g/mol. The predicted octanol–water partition coefficient (Wildman–Crippen LogP) is 3.82. The van der Waals surface area contributed by atoms with Gasteiger partial charge in [-0.3, -0.25) is 4.79 Å². The quantitative estimate of drug-likeness (QED) is 0.855. The molecule has 2 aromatic rings. The van der Waals surface area contributed by atoms with Gasteiger partial charge in [0.05, 0.1) is 10.6 Å². The van der Waals surface area contributed by atoms with Crippen molar-refractivity contribution in [3.8, 4) is 0 Å². The second kappa shape index (κ2) is 6.79. The summed E-state index contributed by atoms with van der Waals surface area (Å²) in [6.07, 6.45) is 0. The minimum absolute atomic E-state index is 0.125. The molecule has 0 radical (unpaired) electrons. The average molecular weight is 321 g/mol. The van der Waals surface area contributed by atoms with E-state index in [1.54, 1.807) is 11.9 Å². The van der Waals surface area contributed by atoms with Crippen molar-refractivity contribution in [2.45, 2.75) is 6.54 Å². The summed E-state index contributed by atoms with van der Waals surface area (Å²) in [6, 6.07) is 11.7. The van der Waals surface area contributed by atoms with Gasteiger partial charge >= 0.3 is 0 Å². The number of anilines is 1. The molecule has 0 N–H and O–H groups in total. The number of hydrogen-bond donors (Lipinski definition) is 0. The number of nitrogens with zero attached hydrogens (tertiary/aromatic N) is 2. The van der Waals surface area contributed by atoms with E-state index in [0.29, 0.717) is 12.1 Å². The molecule has 2 aromatic carbocycles. The lowest BCUT2D eigenvalue weighted by Gasteiger charge is -2.19. The van der Waals surface area contributed by atoms with Gasteiger partial charge in [-0.2, -0.15) is 0 Å². The molecule has 0 bridgehead atoms. The first-order chi connectivity index (χ1) is 10.4. The van der Waals surface area contributed by atoms with Crippen LogP contribution in [0.25, 0.3) is 0 Å². The van der Waals surface area contributed by atoms with Crippen LogP contribution >= 0.6 is 11.6 Å². The standard InChI is InChI=1S/C17H18ClFN2O/c1-20(2)14-7-4-12(5-8-14)11-21(3)17(22)15-9-6-13(19)10-16(15)18/h4-10H,11H2,1-3H3. The highest BCUT2D eigenvalue weighted by molar-refractivity contribution is 6.33. The topological polar surface area (TPSA) is 23.6 Å². The Hall–Kier alpha value is -2.07. The number of amides is 1. The van der Waals surface area contributed by atoms with Crippen molar-refractivity contribution < 1.29 is 9.18 Å². The molecule has 0 aromatic heterocycles. The third kappa shape index (κ3) is 3.77. The molecule has 3 nitrogen and oxygen atoms in total. The first-order valence-corrected chi connectivity index (χ1v) is 7.23. The van der Waals surface area contributed by atoms with Crippen LogP contribution in [0.4, 0.5) is 10.1 Å². The average Bonchev–Trinajstić information content (AvgIpc) is 2.47. The van der Waals surface area contributed by atoms with E-state index >= 15 is 0 Å². The molecular formula is C17H18ClFN2O. The van der Waals surface area contributed by atoms with E-state index in [9.17, 15) is 9.18 Å². The highest BCUT2D eigenvalue weighted by atomic mass is 35.5. The van der Waals surface area contributed by atoms with Crippen molar-refractivity contribution in [1.29, 1.82) is 0 Å². The summed E-state index contributed by atoms with van der Waals surface area (Å²) >= 11 is 5.93. The Morgan fingerprint density at radius 3 is 2.27 bits per heavy atom. The van der Waals surface area contributed by atoms with Gasteiger partial charge in [0.2, 0.25) is 0 Å². The number of carbonyl (C=O) groups excluding carboxylic acids is 1. The van der Waals surface area contributed by atoms with Crippen molar-refractivity contribution in [2.75, 3.05) is 26.0 Å². The summed E-state index contributed by atoms with van der Waals surface area (Å²) in [7, 11) is 5.64. The Bertz CT molecular complexity index is 671. The minimum Gasteiger partial charge on any atom is -0.378 e. The molecule has 0 spiro atoms. The molecule has 2 rings (SSSR count). The molecule has 5 heteroatoms. The van der Waals surface area contributed by atoms with Crippen LogP contribution in [0.1, 0.15) is 15.9 Å². The summed E-state index contributed by atoms with van der Waals surface area (Å²) in [5.74, 6) is -0.690. The fraction of sp³-hybridized carbons (Fsp3) is 0.235. The molecule has 0 aliphatic rings. The number of carbonyl (C=O) groups is 1. The Balaban J connectivity index is 2.11. The zero-order valence-electron chi connectivity index (χ0n) is 12.8. The second-order valence-electron chi connectivity index (χ2n) is 5.35. The molecule has 0 aliphatic carbocycles. The van der Waals surface area contributed by atoms with E-state index in [0.717, 1.165) is 17.3 Å². The lowest BCUT2D eigenvalue weighted by molar-refractivity contribution is 0.0785. The van der Waals surface area contributed by atoms with E-state index < -0.39 is 5.82 Å². The van der Waals surface area contributed by atoms with Crippen LogP contribution in [0, 0.1) is 5.82 Å². The third-order valence-corrected chi connectivity index (χ3v) is 3.69. The maximum Gasteiger partial charge on any atom is 0.255 e. The zero-order chi connectivity index (χ0) is 16.3. The summed E-state index contributed by atoms with van der Waals surface area (Å²) in [5, 5.41) is 0.125. The van der Waals surface area contributed by atoms with E-state index in [1.165, 1.54) is 12.1 Å². The lowest BCUT2D eigenvalue weighted by Crippen LogP contribution is -2.26. The molecule has 0 fully saturated rings. The highest BCUT2D eigenvalue weighted by Gasteiger charge is 2.16. The molecule has 0 saturated carbocycles. The number of halogens is 2. The van der Waals surface area contributed by atoms with Gasteiger partial charge in [0, 0.05) is 33.4 Å². The van der Waals surface area contributed by atoms with E-state index in [2.05, 4.69) is 0 Å². The Labute approximate surface area is 134 Å². The molecule has 0 saturated heterocycles. The van der Waals surface area contributed by atoms with Crippen LogP contribution in [0.3, 0.4) is 0 Å². The van der Waals surface area contributed by atoms with Crippen LogP contribution < -0.4 is 4.90 Å². The maximum absolute atomic E-state index is 13.0. The van der Waals surface area contributed by atoms with Gasteiger partial charge in [0.25, 0.3) is 5.91 Å². The van der Waals surface area contributed by atoms with Crippen molar-refractivity contribution in [3.05, 3.63) is 64.4 Å². The first kappa shape index (κ1) is 16.3. The van der Waals surface area contributed by atoms with Gasteiger partial charge in [0.1, 0.15) is 5.82 Å². The maximum atomic E-state index is 13.0. The molecule has 116 valence electrons. The fourth-order valence-electron chi connectivity index (χ4n) is 2.11. The lowest BCUT2D eigenvalue weighted by atomic mass is 10.1. The largest absolute Gasteiger partial charge is 0.378 e. The summed E-state index contributed by atoms with van der Waals surface area (Å²) in [5.41, 5.74) is 2.41.